The number of aromatic amines is 1. The van der Waals surface area contributed by atoms with Crippen LogP contribution in [0.15, 0.2) is 77.1 Å². The Morgan fingerprint density at radius 3 is 2.35 bits per heavy atom. The number of nitrogens with zero attached hydrogens (tertiary/aromatic N) is 2. The minimum absolute atomic E-state index is 0.153. The lowest BCUT2D eigenvalue weighted by atomic mass is 9.80. The molecule has 0 saturated heterocycles. The number of benzene rings is 2. The molecule has 1 aliphatic heterocycles. The smallest absolute Gasteiger partial charge is 0.336 e. The topological polar surface area (TPSA) is 146 Å². The molecule has 0 amide bonds. The van der Waals surface area contributed by atoms with Gasteiger partial charge in [-0.15, -0.1) is 5.10 Å². The molecule has 0 aliphatic carbocycles. The predicted molar refractivity (Wildman–Crippen MR) is 155 cm³/mol. The van der Waals surface area contributed by atoms with E-state index in [0.29, 0.717) is 47.1 Å². The molecule has 2 aromatic carbocycles. The molecule has 12 heteroatoms. The van der Waals surface area contributed by atoms with Crippen LogP contribution in [0.5, 0.6) is 5.88 Å². The second-order valence-corrected chi connectivity index (χ2v) is 9.98. The number of esters is 2. The first kappa shape index (κ1) is 30.9. The predicted octanol–water partition coefficient (Wildman–Crippen LogP) is 5.71. The fourth-order valence-electron chi connectivity index (χ4n) is 4.97. The number of H-pyrrole nitrogens is 1. The summed E-state index contributed by atoms with van der Waals surface area (Å²) in [4.78, 5) is 36.9. The van der Waals surface area contributed by atoms with Gasteiger partial charge in [0.05, 0.1) is 48.0 Å². The van der Waals surface area contributed by atoms with E-state index in [2.05, 4.69) is 15.5 Å². The van der Waals surface area contributed by atoms with E-state index in [1.807, 2.05) is 0 Å². The minimum Gasteiger partial charge on any atom is -0.477 e. The summed E-state index contributed by atoms with van der Waals surface area (Å²) in [6.07, 6.45) is 2.93. The Balaban J connectivity index is 1.29. The first-order valence-electron chi connectivity index (χ1n) is 13.8. The number of hydrogen-bond acceptors (Lipinski definition) is 9. The molecule has 4 rings (SSSR count). The number of halogens is 1. The highest BCUT2D eigenvalue weighted by molar-refractivity contribution is 5.99. The van der Waals surface area contributed by atoms with Crippen molar-refractivity contribution in [3.8, 4) is 17.1 Å². The lowest BCUT2D eigenvalue weighted by molar-refractivity contribution is -0.384. The zero-order valence-corrected chi connectivity index (χ0v) is 24.1. The molecule has 3 aromatic rings. The van der Waals surface area contributed by atoms with Gasteiger partial charge in [-0.3, -0.25) is 15.2 Å². The van der Waals surface area contributed by atoms with Crippen molar-refractivity contribution in [2.24, 2.45) is 0 Å². The Morgan fingerprint density at radius 2 is 1.65 bits per heavy atom. The third-order valence-electron chi connectivity index (χ3n) is 7.04. The molecular weight excluding hydrogens is 559 g/mol. The fourth-order valence-corrected chi connectivity index (χ4v) is 4.97. The zero-order chi connectivity index (χ0) is 30.9. The average Bonchev–Trinajstić information content (AvgIpc) is 3.46. The van der Waals surface area contributed by atoms with Gasteiger partial charge in [-0.2, -0.15) is 0 Å². The van der Waals surface area contributed by atoms with Gasteiger partial charge in [-0.1, -0.05) is 24.3 Å². The van der Waals surface area contributed by atoms with Crippen molar-refractivity contribution >= 4 is 17.6 Å². The van der Waals surface area contributed by atoms with E-state index in [0.717, 1.165) is 19.3 Å². The van der Waals surface area contributed by atoms with Gasteiger partial charge in [0, 0.05) is 35.2 Å². The molecule has 0 bridgehead atoms. The lowest BCUT2D eigenvalue weighted by Crippen LogP contribution is -2.32. The number of rotatable bonds is 13. The monoisotopic (exact) mass is 592 g/mol. The minimum atomic E-state index is -0.904. The van der Waals surface area contributed by atoms with E-state index in [4.69, 9.17) is 14.2 Å². The summed E-state index contributed by atoms with van der Waals surface area (Å²) < 4.78 is 30.2. The maximum atomic E-state index is 14.0. The van der Waals surface area contributed by atoms with Crippen LogP contribution in [0.1, 0.15) is 51.0 Å². The molecule has 226 valence electrons. The van der Waals surface area contributed by atoms with Crippen molar-refractivity contribution in [3.63, 3.8) is 0 Å². The van der Waals surface area contributed by atoms with Gasteiger partial charge in [0.25, 0.3) is 5.69 Å². The number of ether oxygens (including phenoxy) is 3. The van der Waals surface area contributed by atoms with Crippen LogP contribution in [-0.2, 0) is 19.1 Å². The average molecular weight is 593 g/mol. The third-order valence-corrected chi connectivity index (χ3v) is 7.04. The number of unbranched alkanes of at least 4 members (excludes halogenated alkanes) is 3. The maximum absolute atomic E-state index is 14.0. The number of dihydropyridines is 1. The largest absolute Gasteiger partial charge is 0.477 e. The Labute approximate surface area is 247 Å². The summed E-state index contributed by atoms with van der Waals surface area (Å²) in [5.74, 6) is -2.15. The first-order chi connectivity index (χ1) is 20.7. The van der Waals surface area contributed by atoms with E-state index in [1.165, 1.54) is 31.4 Å². The number of hydrogen-bond donors (Lipinski definition) is 2. The highest BCUT2D eigenvalue weighted by Crippen LogP contribution is 2.40. The number of methoxy groups -OCH3 is 1. The molecular formula is C31H33FN4O7. The summed E-state index contributed by atoms with van der Waals surface area (Å²) in [6, 6.07) is 13.9. The van der Waals surface area contributed by atoms with Gasteiger partial charge in [-0.05, 0) is 57.2 Å². The van der Waals surface area contributed by atoms with Crippen LogP contribution in [0.3, 0.4) is 0 Å². The van der Waals surface area contributed by atoms with Crippen LogP contribution in [-0.4, -0.2) is 47.4 Å². The van der Waals surface area contributed by atoms with E-state index in [9.17, 15) is 24.1 Å². The van der Waals surface area contributed by atoms with Crippen molar-refractivity contribution in [1.82, 2.24) is 15.5 Å². The Kier molecular flexibility index (Phi) is 10.3. The number of carbonyl (C=O) groups is 2. The normalized spacial score (nSPS) is 14.7. The molecule has 11 nitrogen and oxygen atoms in total. The third kappa shape index (κ3) is 7.45. The number of nitrogens with one attached hydrogen (secondary N) is 2. The van der Waals surface area contributed by atoms with E-state index < -0.39 is 22.8 Å². The van der Waals surface area contributed by atoms with Crippen LogP contribution in [0.4, 0.5) is 10.1 Å². The lowest BCUT2D eigenvalue weighted by Gasteiger charge is -2.30. The van der Waals surface area contributed by atoms with Gasteiger partial charge < -0.3 is 19.5 Å². The molecule has 0 radical (unpaired) electrons. The fraction of sp³-hybridized carbons (Fsp3) is 0.323. The van der Waals surface area contributed by atoms with Crippen LogP contribution >= 0.6 is 0 Å². The summed E-state index contributed by atoms with van der Waals surface area (Å²) in [5, 5.41) is 21.3. The van der Waals surface area contributed by atoms with Crippen molar-refractivity contribution < 1.29 is 33.1 Å². The van der Waals surface area contributed by atoms with Crippen molar-refractivity contribution in [2.45, 2.75) is 45.4 Å². The second kappa shape index (κ2) is 14.3. The number of carbonyl (C=O) groups excluding carboxylic acids is 2. The molecule has 0 fully saturated rings. The molecule has 1 unspecified atom stereocenters. The van der Waals surface area contributed by atoms with Crippen molar-refractivity contribution in [2.75, 3.05) is 20.3 Å². The van der Waals surface area contributed by atoms with Crippen LogP contribution in [0.25, 0.3) is 11.3 Å². The number of nitro groups is 1. The van der Waals surface area contributed by atoms with Crippen LogP contribution in [0.2, 0.25) is 0 Å². The van der Waals surface area contributed by atoms with Crippen LogP contribution in [0, 0.1) is 15.9 Å². The molecule has 0 saturated carbocycles. The number of non-ortho nitro benzene ring substituents is 1. The quantitative estimate of drug-likeness (QED) is 0.110. The Morgan fingerprint density at radius 1 is 0.953 bits per heavy atom. The molecule has 0 spiro atoms. The van der Waals surface area contributed by atoms with E-state index in [1.54, 1.807) is 44.2 Å². The molecule has 2 heterocycles. The Hall–Kier alpha value is -5.00. The SMILES string of the molecule is COC(=O)C1=C(C)NC(C)=C(C(=O)OCCCCCCOc2cc(-c3ccccc3F)[nH]n2)C1c1cccc([N+](=O)[O-])c1. The molecule has 1 aromatic heterocycles. The standard InChI is InChI=1S/C31H33FN4O7/c1-19-27(30(37)41-3)29(21-11-10-12-22(17-21)36(39)40)28(20(2)33-19)31(38)43-16-9-5-4-8-15-42-26-18-25(34-35-26)23-13-6-7-14-24(23)32/h6-7,10-14,17-18,29,33H,4-5,8-9,15-16H2,1-3H3,(H,34,35). The van der Waals surface area contributed by atoms with Crippen LogP contribution < -0.4 is 10.1 Å². The molecule has 1 aliphatic rings. The van der Waals surface area contributed by atoms with Gasteiger partial charge in [-0.25, -0.2) is 14.0 Å². The molecule has 43 heavy (non-hydrogen) atoms. The summed E-state index contributed by atoms with van der Waals surface area (Å²) in [6.45, 7) is 3.95. The Bertz CT molecular complexity index is 1560. The van der Waals surface area contributed by atoms with Crippen molar-refractivity contribution in [3.05, 3.63) is 98.6 Å². The zero-order valence-electron chi connectivity index (χ0n) is 24.1. The van der Waals surface area contributed by atoms with Gasteiger partial charge >= 0.3 is 11.9 Å². The molecule has 1 atom stereocenters. The number of allylic oxidation sites excluding steroid dienone is 2. The number of nitro benzene ring substituents is 1. The second-order valence-electron chi connectivity index (χ2n) is 9.98. The molecule has 2 N–H and O–H groups in total. The summed E-state index contributed by atoms with van der Waals surface area (Å²) >= 11 is 0. The maximum Gasteiger partial charge on any atom is 0.336 e. The highest BCUT2D eigenvalue weighted by atomic mass is 19.1. The highest BCUT2D eigenvalue weighted by Gasteiger charge is 2.38. The van der Waals surface area contributed by atoms with Crippen molar-refractivity contribution in [1.29, 1.82) is 0 Å². The van der Waals surface area contributed by atoms with Gasteiger partial charge in [0.1, 0.15) is 5.82 Å². The summed E-state index contributed by atoms with van der Waals surface area (Å²) in [5.41, 5.74) is 2.53. The van der Waals surface area contributed by atoms with Gasteiger partial charge in [0.2, 0.25) is 5.88 Å². The first-order valence-corrected chi connectivity index (χ1v) is 13.8. The van der Waals surface area contributed by atoms with E-state index in [-0.39, 0.29) is 29.3 Å². The van der Waals surface area contributed by atoms with Gasteiger partial charge in [0.15, 0.2) is 0 Å². The number of aromatic nitrogens is 2. The summed E-state index contributed by atoms with van der Waals surface area (Å²) in [7, 11) is 1.24. The van der Waals surface area contributed by atoms with E-state index >= 15 is 0 Å².